The fourth-order valence-electron chi connectivity index (χ4n) is 1.64. The minimum absolute atomic E-state index is 0.00909. The molecule has 0 saturated carbocycles. The Morgan fingerprint density at radius 1 is 1.37 bits per heavy atom. The number of hydrogen-bond donors (Lipinski definition) is 2. The molecule has 0 saturated heterocycles. The molecule has 0 aromatic carbocycles. The summed E-state index contributed by atoms with van der Waals surface area (Å²) >= 11 is 1.69. The molecular weight excluding hydrogens is 258 g/mol. The summed E-state index contributed by atoms with van der Waals surface area (Å²) in [6, 6.07) is 1.81. The minimum Gasteiger partial charge on any atom is -0.392 e. The highest BCUT2D eigenvalue weighted by Crippen LogP contribution is 2.26. The van der Waals surface area contributed by atoms with E-state index in [0.29, 0.717) is 6.54 Å². The van der Waals surface area contributed by atoms with Crippen molar-refractivity contribution in [1.29, 1.82) is 0 Å². The van der Waals surface area contributed by atoms with E-state index in [4.69, 9.17) is 0 Å². The second kappa shape index (κ2) is 5.67. The number of hydrogen-bond acceptors (Lipinski definition) is 5. The zero-order valence-electron chi connectivity index (χ0n) is 11.5. The molecule has 0 radical (unpaired) electrons. The Morgan fingerprint density at radius 2 is 2.16 bits per heavy atom. The summed E-state index contributed by atoms with van der Waals surface area (Å²) in [5.74, 6) is 0. The molecule has 0 aliphatic carbocycles. The van der Waals surface area contributed by atoms with Gasteiger partial charge in [0.25, 0.3) is 0 Å². The lowest BCUT2D eigenvalue weighted by atomic mass is 9.98. The van der Waals surface area contributed by atoms with Crippen LogP contribution < -0.4 is 5.32 Å². The first-order valence-corrected chi connectivity index (χ1v) is 7.11. The van der Waals surface area contributed by atoms with Crippen LogP contribution in [-0.2, 0) is 18.6 Å². The Morgan fingerprint density at radius 3 is 2.79 bits per heavy atom. The van der Waals surface area contributed by atoms with Gasteiger partial charge in [-0.05, 0) is 6.07 Å². The number of thiazole rings is 1. The average molecular weight is 277 g/mol. The van der Waals surface area contributed by atoms with Crippen LogP contribution in [0.15, 0.2) is 23.8 Å². The van der Waals surface area contributed by atoms with Gasteiger partial charge in [0.05, 0.1) is 35.7 Å². The Labute approximate surface area is 117 Å². The number of aliphatic hydroxyl groups excluding tert-OH is 1. The largest absolute Gasteiger partial charge is 0.392 e. The molecule has 0 bridgehead atoms. The first-order valence-electron chi connectivity index (χ1n) is 6.23. The number of pyridine rings is 1. The Balaban J connectivity index is 2.05. The van der Waals surface area contributed by atoms with Crippen LogP contribution >= 0.6 is 11.3 Å². The molecular formula is C14H19N3OS. The molecule has 2 aromatic rings. The van der Waals surface area contributed by atoms with Crippen molar-refractivity contribution >= 4 is 17.0 Å². The molecule has 2 N–H and O–H groups in total. The zero-order chi connectivity index (χ0) is 13.9. The van der Waals surface area contributed by atoms with Crippen LogP contribution in [0, 0.1) is 0 Å². The number of rotatable bonds is 4. The molecule has 0 amide bonds. The third-order valence-electron chi connectivity index (χ3n) is 2.74. The lowest BCUT2D eigenvalue weighted by molar-refractivity contribution is 0.282. The number of nitrogens with zero attached hydrogens (tertiary/aromatic N) is 2. The maximum absolute atomic E-state index is 9.25. The second-order valence-electron chi connectivity index (χ2n) is 5.44. The fourth-order valence-corrected chi connectivity index (χ4v) is 2.55. The highest BCUT2D eigenvalue weighted by Gasteiger charge is 2.17. The van der Waals surface area contributed by atoms with E-state index in [9.17, 15) is 5.11 Å². The molecule has 0 spiro atoms. The molecule has 2 rings (SSSR count). The van der Waals surface area contributed by atoms with Gasteiger partial charge >= 0.3 is 0 Å². The maximum atomic E-state index is 9.25. The lowest BCUT2D eigenvalue weighted by Gasteiger charge is -2.13. The smallest absolute Gasteiger partial charge is 0.0982 e. The molecule has 0 atom stereocenters. The molecule has 5 heteroatoms. The molecule has 2 aromatic heterocycles. The maximum Gasteiger partial charge on any atom is 0.0982 e. The molecule has 0 aliphatic heterocycles. The summed E-state index contributed by atoms with van der Waals surface area (Å²) in [4.78, 5) is 8.68. The van der Waals surface area contributed by atoms with Crippen molar-refractivity contribution < 1.29 is 5.11 Å². The van der Waals surface area contributed by atoms with Crippen LogP contribution in [0.4, 0.5) is 5.69 Å². The molecule has 102 valence electrons. The number of aromatic nitrogens is 2. The molecule has 0 unspecified atom stereocenters. The fraction of sp³-hybridized carbons (Fsp3) is 0.429. The Kier molecular flexibility index (Phi) is 4.17. The van der Waals surface area contributed by atoms with Crippen molar-refractivity contribution in [2.24, 2.45) is 0 Å². The van der Waals surface area contributed by atoms with Crippen LogP contribution in [-0.4, -0.2) is 15.1 Å². The molecule has 2 heterocycles. The van der Waals surface area contributed by atoms with Crippen molar-refractivity contribution in [3.8, 4) is 0 Å². The van der Waals surface area contributed by atoms with E-state index >= 15 is 0 Å². The number of nitrogens with one attached hydrogen (secondary N) is 1. The van der Waals surface area contributed by atoms with E-state index in [-0.39, 0.29) is 12.0 Å². The van der Waals surface area contributed by atoms with Gasteiger partial charge in [-0.3, -0.25) is 4.98 Å². The van der Waals surface area contributed by atoms with Crippen molar-refractivity contribution in [3.05, 3.63) is 40.1 Å². The van der Waals surface area contributed by atoms with Crippen molar-refractivity contribution in [3.63, 3.8) is 0 Å². The van der Waals surface area contributed by atoms with Gasteiger partial charge < -0.3 is 10.4 Å². The van der Waals surface area contributed by atoms with E-state index in [1.807, 2.05) is 6.07 Å². The summed E-state index contributed by atoms with van der Waals surface area (Å²) in [5.41, 5.74) is 2.81. The van der Waals surface area contributed by atoms with E-state index in [1.165, 1.54) is 0 Å². The summed E-state index contributed by atoms with van der Waals surface area (Å²) in [7, 11) is 0. The van der Waals surface area contributed by atoms with Crippen molar-refractivity contribution in [2.75, 3.05) is 5.32 Å². The SMILES string of the molecule is CC(C)(C)c1nc(CNc2cnccc2CO)cs1. The highest BCUT2D eigenvalue weighted by molar-refractivity contribution is 7.09. The van der Waals surface area contributed by atoms with Gasteiger partial charge in [-0.25, -0.2) is 4.98 Å². The summed E-state index contributed by atoms with van der Waals surface area (Å²) in [6.07, 6.45) is 3.40. The lowest BCUT2D eigenvalue weighted by Crippen LogP contribution is -2.11. The van der Waals surface area contributed by atoms with Gasteiger partial charge in [0.2, 0.25) is 0 Å². The standard InChI is InChI=1S/C14H19N3OS/c1-14(2,3)13-17-11(9-19-13)6-16-12-7-15-5-4-10(12)8-18/h4-5,7,9,16,18H,6,8H2,1-3H3. The van der Waals surface area contributed by atoms with Crippen LogP contribution in [0.5, 0.6) is 0 Å². The third kappa shape index (κ3) is 3.52. The Hall–Kier alpha value is -1.46. The van der Waals surface area contributed by atoms with Gasteiger partial charge in [-0.2, -0.15) is 0 Å². The first-order chi connectivity index (χ1) is 9.00. The average Bonchev–Trinajstić information content (AvgIpc) is 2.85. The normalized spacial score (nSPS) is 11.6. The zero-order valence-corrected chi connectivity index (χ0v) is 12.3. The van der Waals surface area contributed by atoms with Crippen LogP contribution in [0.1, 0.15) is 37.0 Å². The van der Waals surface area contributed by atoms with Crippen LogP contribution in [0.25, 0.3) is 0 Å². The van der Waals surface area contributed by atoms with Gasteiger partial charge in [0.15, 0.2) is 0 Å². The number of aliphatic hydroxyl groups is 1. The molecule has 19 heavy (non-hydrogen) atoms. The van der Waals surface area contributed by atoms with Crippen LogP contribution in [0.3, 0.4) is 0 Å². The predicted octanol–water partition coefficient (Wildman–Crippen LogP) is 2.94. The summed E-state index contributed by atoms with van der Waals surface area (Å²) in [6.45, 7) is 7.14. The summed E-state index contributed by atoms with van der Waals surface area (Å²) < 4.78 is 0. The highest BCUT2D eigenvalue weighted by atomic mass is 32.1. The van der Waals surface area contributed by atoms with Gasteiger partial charge in [-0.1, -0.05) is 20.8 Å². The quantitative estimate of drug-likeness (QED) is 0.902. The molecule has 0 aliphatic rings. The monoisotopic (exact) mass is 277 g/mol. The Bertz CT molecular complexity index is 546. The minimum atomic E-state index is 0.00909. The van der Waals surface area contributed by atoms with E-state index in [0.717, 1.165) is 22.0 Å². The first kappa shape index (κ1) is 14.0. The van der Waals surface area contributed by atoms with Crippen LogP contribution in [0.2, 0.25) is 0 Å². The molecule has 0 fully saturated rings. The second-order valence-corrected chi connectivity index (χ2v) is 6.30. The van der Waals surface area contributed by atoms with E-state index in [1.54, 1.807) is 23.7 Å². The van der Waals surface area contributed by atoms with Gasteiger partial charge in [0, 0.05) is 22.6 Å². The summed E-state index contributed by atoms with van der Waals surface area (Å²) in [5, 5.41) is 15.7. The predicted molar refractivity (Wildman–Crippen MR) is 78.3 cm³/mol. The van der Waals surface area contributed by atoms with Gasteiger partial charge in [-0.15, -0.1) is 11.3 Å². The molecule has 4 nitrogen and oxygen atoms in total. The van der Waals surface area contributed by atoms with E-state index in [2.05, 4.69) is 41.4 Å². The van der Waals surface area contributed by atoms with Crippen molar-refractivity contribution in [2.45, 2.75) is 39.3 Å². The number of anilines is 1. The topological polar surface area (TPSA) is 58.0 Å². The van der Waals surface area contributed by atoms with Gasteiger partial charge in [0.1, 0.15) is 0 Å². The third-order valence-corrected chi connectivity index (χ3v) is 4.05. The van der Waals surface area contributed by atoms with E-state index < -0.39 is 0 Å². The van der Waals surface area contributed by atoms with Crippen molar-refractivity contribution in [1.82, 2.24) is 9.97 Å².